The fourth-order valence-electron chi connectivity index (χ4n) is 2.36. The lowest BCUT2D eigenvalue weighted by Gasteiger charge is -2.39. The molecule has 0 radical (unpaired) electrons. The molecule has 1 spiro atoms. The van der Waals surface area contributed by atoms with Crippen LogP contribution in [0, 0.1) is 5.41 Å². The van der Waals surface area contributed by atoms with Gasteiger partial charge in [-0.1, -0.05) is 0 Å². The minimum atomic E-state index is 0.395. The number of ketones is 1. The first-order valence-corrected chi connectivity index (χ1v) is 5.40. The first-order chi connectivity index (χ1) is 6.81. The van der Waals surface area contributed by atoms with Crippen molar-refractivity contribution in [3.8, 4) is 0 Å². The van der Waals surface area contributed by atoms with Crippen molar-refractivity contribution in [3.05, 3.63) is 13.2 Å². The molecule has 2 fully saturated rings. The largest absolute Gasteiger partial charge is 0.381 e. The number of carbonyl (C=O) groups excluding carboxylic acids is 1. The Kier molecular flexibility index (Phi) is 4.33. The van der Waals surface area contributed by atoms with E-state index < -0.39 is 0 Å². The molecule has 2 heteroatoms. The van der Waals surface area contributed by atoms with Gasteiger partial charge in [0.1, 0.15) is 5.78 Å². The molecule has 1 aliphatic heterocycles. The zero-order valence-corrected chi connectivity index (χ0v) is 8.89. The van der Waals surface area contributed by atoms with Crippen LogP contribution in [0.25, 0.3) is 0 Å². The maximum atomic E-state index is 11.0. The second kappa shape index (κ2) is 5.30. The van der Waals surface area contributed by atoms with Gasteiger partial charge in [0.2, 0.25) is 0 Å². The lowest BCUT2D eigenvalue weighted by Crippen LogP contribution is -2.35. The van der Waals surface area contributed by atoms with Crippen LogP contribution >= 0.6 is 0 Å². The van der Waals surface area contributed by atoms with Crippen molar-refractivity contribution < 1.29 is 9.53 Å². The molecule has 0 atom stereocenters. The Labute approximate surface area is 86.3 Å². The molecule has 0 aromatic rings. The number of hydrogen-bond donors (Lipinski definition) is 0. The van der Waals surface area contributed by atoms with Crippen LogP contribution in [-0.4, -0.2) is 19.0 Å². The van der Waals surface area contributed by atoms with Gasteiger partial charge in [0.15, 0.2) is 0 Å². The van der Waals surface area contributed by atoms with E-state index in [9.17, 15) is 4.79 Å². The molecule has 1 aliphatic carbocycles. The van der Waals surface area contributed by atoms with Gasteiger partial charge in [0.25, 0.3) is 0 Å². The lowest BCUT2D eigenvalue weighted by molar-refractivity contribution is -0.125. The van der Waals surface area contributed by atoms with E-state index in [-0.39, 0.29) is 0 Å². The van der Waals surface area contributed by atoms with Crippen LogP contribution in [0.1, 0.15) is 38.5 Å². The molecule has 1 heterocycles. The first-order valence-electron chi connectivity index (χ1n) is 5.40. The maximum absolute atomic E-state index is 11.0. The van der Waals surface area contributed by atoms with Crippen molar-refractivity contribution in [1.29, 1.82) is 0 Å². The van der Waals surface area contributed by atoms with Gasteiger partial charge in [-0.25, -0.2) is 0 Å². The zero-order valence-electron chi connectivity index (χ0n) is 8.89. The molecule has 0 bridgehead atoms. The van der Waals surface area contributed by atoms with E-state index in [0.717, 1.165) is 38.9 Å². The Bertz CT molecular complexity index is 180. The van der Waals surface area contributed by atoms with Crippen LogP contribution in [-0.2, 0) is 9.53 Å². The second-order valence-electron chi connectivity index (χ2n) is 4.19. The van der Waals surface area contributed by atoms with Gasteiger partial charge in [-0.3, -0.25) is 4.79 Å². The number of Topliss-reactive ketones (excluding diaryl/α,β-unsaturated/α-hetero) is 1. The van der Waals surface area contributed by atoms with E-state index in [0.29, 0.717) is 11.2 Å². The topological polar surface area (TPSA) is 26.3 Å². The molecule has 0 aromatic heterocycles. The summed E-state index contributed by atoms with van der Waals surface area (Å²) in [4.78, 5) is 11.0. The summed E-state index contributed by atoms with van der Waals surface area (Å²) >= 11 is 0. The molecule has 0 aromatic carbocycles. The molecule has 14 heavy (non-hydrogen) atoms. The quantitative estimate of drug-likeness (QED) is 0.557. The molecule has 1 saturated heterocycles. The summed E-state index contributed by atoms with van der Waals surface area (Å²) in [6.07, 6.45) is 6.21. The third-order valence-electron chi connectivity index (χ3n) is 3.27. The summed E-state index contributed by atoms with van der Waals surface area (Å²) in [5.74, 6) is 0.450. The van der Waals surface area contributed by atoms with E-state index in [1.807, 2.05) is 0 Å². The van der Waals surface area contributed by atoms with Gasteiger partial charge in [-0.15, -0.1) is 13.2 Å². The SMILES string of the molecule is C=C.O=C1CCC2(CCCOC2)CC1. The van der Waals surface area contributed by atoms with Crippen molar-refractivity contribution >= 4 is 5.78 Å². The molecule has 80 valence electrons. The predicted molar refractivity (Wildman–Crippen MR) is 57.2 cm³/mol. The summed E-state index contributed by atoms with van der Waals surface area (Å²) in [5.41, 5.74) is 0.395. The van der Waals surface area contributed by atoms with Gasteiger partial charge < -0.3 is 4.74 Å². The highest BCUT2D eigenvalue weighted by molar-refractivity contribution is 5.79. The summed E-state index contributed by atoms with van der Waals surface area (Å²) in [6.45, 7) is 7.83. The Morgan fingerprint density at radius 1 is 1.14 bits per heavy atom. The third kappa shape index (κ3) is 2.68. The first kappa shape index (κ1) is 11.4. The summed E-state index contributed by atoms with van der Waals surface area (Å²) in [5, 5.41) is 0. The van der Waals surface area contributed by atoms with E-state index in [1.165, 1.54) is 12.8 Å². The molecule has 0 unspecified atom stereocenters. The summed E-state index contributed by atoms with van der Waals surface area (Å²) in [6, 6.07) is 0. The molecular weight excluding hydrogens is 176 g/mol. The van der Waals surface area contributed by atoms with Crippen LogP contribution in [0.3, 0.4) is 0 Å². The van der Waals surface area contributed by atoms with Crippen molar-refractivity contribution in [3.63, 3.8) is 0 Å². The lowest BCUT2D eigenvalue weighted by atomic mass is 9.70. The van der Waals surface area contributed by atoms with Gasteiger partial charge >= 0.3 is 0 Å². The average Bonchev–Trinajstić information content (AvgIpc) is 2.27. The van der Waals surface area contributed by atoms with Gasteiger partial charge in [0, 0.05) is 19.4 Å². The second-order valence-corrected chi connectivity index (χ2v) is 4.19. The minimum Gasteiger partial charge on any atom is -0.381 e. The molecule has 2 rings (SSSR count). The Morgan fingerprint density at radius 2 is 1.79 bits per heavy atom. The maximum Gasteiger partial charge on any atom is 0.132 e. The summed E-state index contributed by atoms with van der Waals surface area (Å²) in [7, 11) is 0. The number of carbonyl (C=O) groups is 1. The minimum absolute atomic E-state index is 0.395. The third-order valence-corrected chi connectivity index (χ3v) is 3.27. The molecule has 1 saturated carbocycles. The molecule has 0 N–H and O–H groups in total. The Balaban J connectivity index is 0.000000461. The monoisotopic (exact) mass is 196 g/mol. The van der Waals surface area contributed by atoms with Crippen LogP contribution < -0.4 is 0 Å². The highest BCUT2D eigenvalue weighted by Gasteiger charge is 2.36. The fraction of sp³-hybridized carbons (Fsp3) is 0.750. The van der Waals surface area contributed by atoms with Crippen molar-refractivity contribution in [2.24, 2.45) is 5.41 Å². The van der Waals surface area contributed by atoms with Crippen LogP contribution in [0.4, 0.5) is 0 Å². The molecule has 0 amide bonds. The Hall–Kier alpha value is -0.630. The van der Waals surface area contributed by atoms with E-state index in [4.69, 9.17) is 4.74 Å². The zero-order chi connectivity index (χ0) is 10.4. The smallest absolute Gasteiger partial charge is 0.132 e. The average molecular weight is 196 g/mol. The van der Waals surface area contributed by atoms with Crippen LogP contribution in [0.2, 0.25) is 0 Å². The van der Waals surface area contributed by atoms with Crippen molar-refractivity contribution in [1.82, 2.24) is 0 Å². The highest BCUT2D eigenvalue weighted by atomic mass is 16.5. The van der Waals surface area contributed by atoms with Crippen LogP contribution in [0.5, 0.6) is 0 Å². The standard InChI is InChI=1S/C10H16O2.C2H4/c11-9-2-5-10(6-3-9)4-1-7-12-8-10;1-2/h1-8H2;1-2H2. The fourth-order valence-corrected chi connectivity index (χ4v) is 2.36. The van der Waals surface area contributed by atoms with Crippen molar-refractivity contribution in [2.75, 3.05) is 13.2 Å². The van der Waals surface area contributed by atoms with Crippen LogP contribution in [0.15, 0.2) is 13.2 Å². The Morgan fingerprint density at radius 3 is 2.29 bits per heavy atom. The van der Waals surface area contributed by atoms with Gasteiger partial charge in [0.05, 0.1) is 6.61 Å². The number of hydrogen-bond acceptors (Lipinski definition) is 2. The number of ether oxygens (including phenoxy) is 1. The van der Waals surface area contributed by atoms with Crippen molar-refractivity contribution in [2.45, 2.75) is 38.5 Å². The van der Waals surface area contributed by atoms with Gasteiger partial charge in [-0.05, 0) is 31.1 Å². The molecule has 2 aliphatic rings. The highest BCUT2D eigenvalue weighted by Crippen LogP contribution is 2.41. The number of rotatable bonds is 0. The van der Waals surface area contributed by atoms with E-state index in [2.05, 4.69) is 13.2 Å². The van der Waals surface area contributed by atoms with E-state index in [1.54, 1.807) is 0 Å². The predicted octanol–water partition coefficient (Wildman–Crippen LogP) is 2.73. The molecule has 2 nitrogen and oxygen atoms in total. The normalized spacial score (nSPS) is 25.3. The van der Waals surface area contributed by atoms with Gasteiger partial charge in [-0.2, -0.15) is 0 Å². The summed E-state index contributed by atoms with van der Waals surface area (Å²) < 4.78 is 5.49. The van der Waals surface area contributed by atoms with E-state index >= 15 is 0 Å². The molecular formula is C12H20O2.